The highest BCUT2D eigenvalue weighted by Crippen LogP contribution is 2.24. The average molecular weight is 215 g/mol. The van der Waals surface area contributed by atoms with Crippen molar-refractivity contribution in [3.05, 3.63) is 0 Å². The first-order valence-electron chi connectivity index (χ1n) is 6.28. The van der Waals surface area contributed by atoms with Gasteiger partial charge in [-0.05, 0) is 31.7 Å². The standard InChI is InChI=1S/C12H25NO2/c1-2-13-12(9-14)7-8-15-10-11-5-3-4-6-11/h11-14H,2-10H2,1H3. The van der Waals surface area contributed by atoms with Gasteiger partial charge in [0.15, 0.2) is 0 Å². The summed E-state index contributed by atoms with van der Waals surface area (Å²) in [6, 6.07) is 0.207. The van der Waals surface area contributed by atoms with E-state index in [0.717, 1.165) is 32.1 Å². The molecule has 1 fully saturated rings. The molecule has 0 heterocycles. The fraction of sp³-hybridized carbons (Fsp3) is 1.00. The van der Waals surface area contributed by atoms with Gasteiger partial charge in [0.25, 0.3) is 0 Å². The fourth-order valence-electron chi connectivity index (χ4n) is 2.20. The van der Waals surface area contributed by atoms with Crippen LogP contribution in [0.25, 0.3) is 0 Å². The molecule has 0 aromatic carbocycles. The van der Waals surface area contributed by atoms with Crippen molar-refractivity contribution in [1.29, 1.82) is 0 Å². The number of aliphatic hydroxyl groups is 1. The van der Waals surface area contributed by atoms with Crippen LogP contribution in [0.3, 0.4) is 0 Å². The smallest absolute Gasteiger partial charge is 0.0585 e. The Morgan fingerprint density at radius 3 is 2.73 bits per heavy atom. The van der Waals surface area contributed by atoms with E-state index in [9.17, 15) is 0 Å². The first-order valence-corrected chi connectivity index (χ1v) is 6.28. The number of aliphatic hydroxyl groups excluding tert-OH is 1. The molecule has 2 N–H and O–H groups in total. The van der Waals surface area contributed by atoms with Gasteiger partial charge in [0, 0.05) is 19.3 Å². The van der Waals surface area contributed by atoms with E-state index in [1.165, 1.54) is 25.7 Å². The van der Waals surface area contributed by atoms with E-state index in [-0.39, 0.29) is 12.6 Å². The molecule has 1 unspecified atom stereocenters. The Labute approximate surface area is 93.2 Å². The van der Waals surface area contributed by atoms with Gasteiger partial charge >= 0.3 is 0 Å². The first kappa shape index (κ1) is 12.9. The minimum absolute atomic E-state index is 0.207. The summed E-state index contributed by atoms with van der Waals surface area (Å²) in [5.74, 6) is 0.803. The van der Waals surface area contributed by atoms with E-state index in [0.29, 0.717) is 0 Å². The van der Waals surface area contributed by atoms with Crippen LogP contribution >= 0.6 is 0 Å². The molecule has 3 heteroatoms. The van der Waals surface area contributed by atoms with E-state index in [2.05, 4.69) is 12.2 Å². The van der Waals surface area contributed by atoms with E-state index in [1.54, 1.807) is 0 Å². The Bertz CT molecular complexity index is 147. The van der Waals surface area contributed by atoms with Gasteiger partial charge in [-0.1, -0.05) is 19.8 Å². The van der Waals surface area contributed by atoms with Crippen LogP contribution in [0.1, 0.15) is 39.0 Å². The van der Waals surface area contributed by atoms with Gasteiger partial charge in [0.05, 0.1) is 6.61 Å². The zero-order chi connectivity index (χ0) is 10.9. The largest absolute Gasteiger partial charge is 0.395 e. The highest BCUT2D eigenvalue weighted by Gasteiger charge is 2.14. The molecule has 15 heavy (non-hydrogen) atoms. The lowest BCUT2D eigenvalue weighted by atomic mass is 10.1. The number of nitrogens with one attached hydrogen (secondary N) is 1. The monoisotopic (exact) mass is 215 g/mol. The van der Waals surface area contributed by atoms with E-state index >= 15 is 0 Å². The summed E-state index contributed by atoms with van der Waals surface area (Å²) in [4.78, 5) is 0. The Hall–Kier alpha value is -0.120. The van der Waals surface area contributed by atoms with Crippen LogP contribution < -0.4 is 5.32 Å². The zero-order valence-electron chi connectivity index (χ0n) is 9.87. The Balaban J connectivity index is 1.94. The lowest BCUT2D eigenvalue weighted by Gasteiger charge is -2.16. The van der Waals surface area contributed by atoms with Crippen molar-refractivity contribution in [2.75, 3.05) is 26.4 Å². The molecule has 1 saturated carbocycles. The first-order chi connectivity index (χ1) is 7.36. The predicted molar refractivity (Wildman–Crippen MR) is 61.9 cm³/mol. The number of rotatable bonds is 8. The van der Waals surface area contributed by atoms with Gasteiger partial charge < -0.3 is 15.2 Å². The summed E-state index contributed by atoms with van der Waals surface area (Å²) < 4.78 is 5.65. The zero-order valence-corrected chi connectivity index (χ0v) is 9.87. The van der Waals surface area contributed by atoms with Crippen molar-refractivity contribution < 1.29 is 9.84 Å². The van der Waals surface area contributed by atoms with Crippen molar-refractivity contribution in [1.82, 2.24) is 5.32 Å². The van der Waals surface area contributed by atoms with Gasteiger partial charge in [-0.2, -0.15) is 0 Å². The molecule has 1 aliphatic rings. The molecular weight excluding hydrogens is 190 g/mol. The lowest BCUT2D eigenvalue weighted by Crippen LogP contribution is -2.33. The van der Waals surface area contributed by atoms with E-state index in [1.807, 2.05) is 0 Å². The van der Waals surface area contributed by atoms with Crippen molar-refractivity contribution in [3.63, 3.8) is 0 Å². The van der Waals surface area contributed by atoms with Crippen LogP contribution in [0, 0.1) is 5.92 Å². The fourth-order valence-corrected chi connectivity index (χ4v) is 2.20. The van der Waals surface area contributed by atoms with Gasteiger partial charge in [0.1, 0.15) is 0 Å². The van der Waals surface area contributed by atoms with E-state index < -0.39 is 0 Å². The second-order valence-corrected chi connectivity index (χ2v) is 4.45. The third kappa shape index (κ3) is 5.50. The van der Waals surface area contributed by atoms with Crippen LogP contribution in [-0.4, -0.2) is 37.5 Å². The van der Waals surface area contributed by atoms with Crippen LogP contribution in [0.2, 0.25) is 0 Å². The Morgan fingerprint density at radius 1 is 1.40 bits per heavy atom. The Morgan fingerprint density at radius 2 is 2.13 bits per heavy atom. The Kier molecular flexibility index (Phi) is 6.98. The van der Waals surface area contributed by atoms with E-state index in [4.69, 9.17) is 9.84 Å². The third-order valence-electron chi connectivity index (χ3n) is 3.15. The molecule has 3 nitrogen and oxygen atoms in total. The molecule has 1 rings (SSSR count). The number of likely N-dealkylation sites (N-methyl/N-ethyl adjacent to an activating group) is 1. The lowest BCUT2D eigenvalue weighted by molar-refractivity contribution is 0.0872. The van der Waals surface area contributed by atoms with Crippen molar-refractivity contribution in [3.8, 4) is 0 Å². The average Bonchev–Trinajstić information content (AvgIpc) is 2.75. The second-order valence-electron chi connectivity index (χ2n) is 4.45. The molecule has 90 valence electrons. The molecule has 0 radical (unpaired) electrons. The highest BCUT2D eigenvalue weighted by atomic mass is 16.5. The van der Waals surface area contributed by atoms with Crippen molar-refractivity contribution in [2.45, 2.75) is 45.1 Å². The maximum absolute atomic E-state index is 9.05. The summed E-state index contributed by atoms with van der Waals surface area (Å²) in [7, 11) is 0. The maximum atomic E-state index is 9.05. The summed E-state index contributed by atoms with van der Waals surface area (Å²) in [6.45, 7) is 4.87. The normalized spacial score (nSPS) is 19.6. The molecule has 0 bridgehead atoms. The minimum Gasteiger partial charge on any atom is -0.395 e. The third-order valence-corrected chi connectivity index (χ3v) is 3.15. The highest BCUT2D eigenvalue weighted by molar-refractivity contribution is 4.67. The van der Waals surface area contributed by atoms with Crippen molar-refractivity contribution in [2.24, 2.45) is 5.92 Å². The summed E-state index contributed by atoms with van der Waals surface area (Å²) >= 11 is 0. The maximum Gasteiger partial charge on any atom is 0.0585 e. The predicted octanol–water partition coefficient (Wildman–Crippen LogP) is 1.55. The molecule has 1 atom stereocenters. The van der Waals surface area contributed by atoms with Gasteiger partial charge in [-0.3, -0.25) is 0 Å². The number of hydrogen-bond acceptors (Lipinski definition) is 3. The molecule has 0 aliphatic heterocycles. The number of ether oxygens (including phenoxy) is 1. The quantitative estimate of drug-likeness (QED) is 0.604. The van der Waals surface area contributed by atoms with Crippen molar-refractivity contribution >= 4 is 0 Å². The van der Waals surface area contributed by atoms with Crippen LogP contribution in [0.5, 0.6) is 0 Å². The van der Waals surface area contributed by atoms with Gasteiger partial charge in [-0.15, -0.1) is 0 Å². The van der Waals surface area contributed by atoms with Gasteiger partial charge in [0.2, 0.25) is 0 Å². The van der Waals surface area contributed by atoms with Crippen LogP contribution in [-0.2, 0) is 4.74 Å². The molecule has 0 aromatic rings. The van der Waals surface area contributed by atoms with Crippen LogP contribution in [0.15, 0.2) is 0 Å². The second kappa shape index (κ2) is 8.08. The molecule has 1 aliphatic carbocycles. The molecule has 0 saturated heterocycles. The summed E-state index contributed by atoms with van der Waals surface area (Å²) in [6.07, 6.45) is 6.36. The van der Waals surface area contributed by atoms with Crippen LogP contribution in [0.4, 0.5) is 0 Å². The number of hydrogen-bond donors (Lipinski definition) is 2. The minimum atomic E-state index is 0.207. The summed E-state index contributed by atoms with van der Waals surface area (Å²) in [5.41, 5.74) is 0. The van der Waals surface area contributed by atoms with Gasteiger partial charge in [-0.25, -0.2) is 0 Å². The molecule has 0 amide bonds. The topological polar surface area (TPSA) is 41.5 Å². The molecular formula is C12H25NO2. The molecule has 0 spiro atoms. The SMILES string of the molecule is CCNC(CO)CCOCC1CCCC1. The molecule has 0 aromatic heterocycles. The summed E-state index contributed by atoms with van der Waals surface area (Å²) in [5, 5.41) is 12.3.